The van der Waals surface area contributed by atoms with Crippen molar-refractivity contribution in [2.24, 2.45) is 5.73 Å². The third-order valence-corrected chi connectivity index (χ3v) is 3.97. The van der Waals surface area contributed by atoms with Crippen molar-refractivity contribution >= 4 is 11.8 Å². The van der Waals surface area contributed by atoms with E-state index in [1.54, 1.807) is 43.0 Å². The molecular weight excluding hydrogens is 330 g/mol. The van der Waals surface area contributed by atoms with Gasteiger partial charge in [-0.2, -0.15) is 0 Å². The highest BCUT2D eigenvalue weighted by molar-refractivity contribution is 5.98. The fourth-order valence-electron chi connectivity index (χ4n) is 2.81. The standard InChI is InChI=1S/C20H27N3O3/c1-13(2)22-18(24)17-11-16(21)12-23(17)19(25)15-7-5-14(6-8-15)9-10-20(3,4)26/h5-8,13,16-17,26H,11-12,21H2,1-4H3,(H,22,24)/t16-,17-/m0/s1. The second-order valence-corrected chi connectivity index (χ2v) is 7.52. The van der Waals surface area contributed by atoms with Crippen molar-refractivity contribution in [1.29, 1.82) is 0 Å². The number of hydrogen-bond donors (Lipinski definition) is 3. The van der Waals surface area contributed by atoms with Gasteiger partial charge in [-0.3, -0.25) is 9.59 Å². The minimum atomic E-state index is -1.07. The molecule has 6 heteroatoms. The Morgan fingerprint density at radius 2 is 1.92 bits per heavy atom. The molecule has 2 amide bonds. The van der Waals surface area contributed by atoms with Crippen LogP contribution in [-0.4, -0.2) is 52.1 Å². The number of rotatable bonds is 3. The number of benzene rings is 1. The molecule has 0 spiro atoms. The van der Waals surface area contributed by atoms with E-state index >= 15 is 0 Å². The van der Waals surface area contributed by atoms with E-state index in [-0.39, 0.29) is 23.9 Å². The summed E-state index contributed by atoms with van der Waals surface area (Å²) in [5.74, 6) is 5.20. The SMILES string of the molecule is CC(C)NC(=O)[C@@H]1C[C@H](N)CN1C(=O)c1ccc(C#CC(C)(C)O)cc1. The number of nitrogens with zero attached hydrogens (tertiary/aromatic N) is 1. The zero-order chi connectivity index (χ0) is 19.5. The highest BCUT2D eigenvalue weighted by Crippen LogP contribution is 2.20. The molecule has 1 fully saturated rings. The number of hydrogen-bond acceptors (Lipinski definition) is 4. The topological polar surface area (TPSA) is 95.7 Å². The number of likely N-dealkylation sites (tertiary alicyclic amines) is 1. The van der Waals surface area contributed by atoms with Gasteiger partial charge in [0.15, 0.2) is 0 Å². The number of nitrogens with one attached hydrogen (secondary N) is 1. The van der Waals surface area contributed by atoms with Gasteiger partial charge in [-0.05, 0) is 58.4 Å². The van der Waals surface area contributed by atoms with Crippen LogP contribution in [0.3, 0.4) is 0 Å². The number of aliphatic hydroxyl groups is 1. The van der Waals surface area contributed by atoms with Crippen LogP contribution < -0.4 is 11.1 Å². The van der Waals surface area contributed by atoms with Gasteiger partial charge < -0.3 is 21.1 Å². The summed E-state index contributed by atoms with van der Waals surface area (Å²) in [6.07, 6.45) is 0.458. The Morgan fingerprint density at radius 3 is 2.46 bits per heavy atom. The first-order chi connectivity index (χ1) is 12.1. The summed E-state index contributed by atoms with van der Waals surface area (Å²) < 4.78 is 0. The monoisotopic (exact) mass is 357 g/mol. The Kier molecular flexibility index (Phi) is 6.06. The number of amides is 2. The van der Waals surface area contributed by atoms with Crippen LogP contribution in [0.25, 0.3) is 0 Å². The Balaban J connectivity index is 2.16. The molecule has 1 aliphatic rings. The number of carbonyl (C=O) groups excluding carboxylic acids is 2. The molecule has 0 aromatic heterocycles. The van der Waals surface area contributed by atoms with E-state index in [0.29, 0.717) is 24.1 Å². The molecule has 0 aliphatic carbocycles. The molecule has 26 heavy (non-hydrogen) atoms. The number of carbonyl (C=O) groups is 2. The molecule has 0 unspecified atom stereocenters. The van der Waals surface area contributed by atoms with E-state index in [1.807, 2.05) is 13.8 Å². The van der Waals surface area contributed by atoms with Crippen molar-refractivity contribution in [1.82, 2.24) is 10.2 Å². The van der Waals surface area contributed by atoms with Gasteiger partial charge in [0.2, 0.25) is 5.91 Å². The maximum absolute atomic E-state index is 12.8. The van der Waals surface area contributed by atoms with Crippen LogP contribution >= 0.6 is 0 Å². The maximum atomic E-state index is 12.8. The van der Waals surface area contributed by atoms with E-state index in [4.69, 9.17) is 5.73 Å². The average Bonchev–Trinajstić information content (AvgIpc) is 2.93. The van der Waals surface area contributed by atoms with Crippen molar-refractivity contribution in [3.63, 3.8) is 0 Å². The van der Waals surface area contributed by atoms with Crippen LogP contribution in [0.2, 0.25) is 0 Å². The van der Waals surface area contributed by atoms with Crippen molar-refractivity contribution in [2.45, 2.75) is 57.8 Å². The van der Waals surface area contributed by atoms with Crippen LogP contribution in [0.1, 0.15) is 50.0 Å². The number of nitrogens with two attached hydrogens (primary N) is 1. The molecule has 1 heterocycles. The third-order valence-electron chi connectivity index (χ3n) is 3.97. The van der Waals surface area contributed by atoms with Gasteiger partial charge in [0.1, 0.15) is 11.6 Å². The highest BCUT2D eigenvalue weighted by Gasteiger charge is 2.38. The van der Waals surface area contributed by atoms with E-state index in [1.165, 1.54) is 0 Å². The van der Waals surface area contributed by atoms with Crippen molar-refractivity contribution in [2.75, 3.05) is 6.54 Å². The fourth-order valence-corrected chi connectivity index (χ4v) is 2.81. The average molecular weight is 357 g/mol. The Hall–Kier alpha value is -2.36. The molecule has 0 saturated carbocycles. The first-order valence-electron chi connectivity index (χ1n) is 8.79. The third kappa shape index (κ3) is 5.32. The second-order valence-electron chi connectivity index (χ2n) is 7.52. The summed E-state index contributed by atoms with van der Waals surface area (Å²) >= 11 is 0. The van der Waals surface area contributed by atoms with E-state index in [9.17, 15) is 14.7 Å². The fraction of sp³-hybridized carbons (Fsp3) is 0.500. The van der Waals surface area contributed by atoms with Gasteiger partial charge in [-0.15, -0.1) is 0 Å². The smallest absolute Gasteiger partial charge is 0.254 e. The van der Waals surface area contributed by atoms with Crippen molar-refractivity contribution in [3.8, 4) is 11.8 Å². The molecule has 140 valence electrons. The Bertz CT molecular complexity index is 723. The van der Waals surface area contributed by atoms with Crippen LogP contribution in [0.15, 0.2) is 24.3 Å². The van der Waals surface area contributed by atoms with E-state index in [0.717, 1.165) is 0 Å². The van der Waals surface area contributed by atoms with Crippen LogP contribution in [0, 0.1) is 11.8 Å². The molecule has 1 saturated heterocycles. The molecule has 0 radical (unpaired) electrons. The molecule has 2 rings (SSSR count). The quantitative estimate of drug-likeness (QED) is 0.700. The van der Waals surface area contributed by atoms with Gasteiger partial charge >= 0.3 is 0 Å². The summed E-state index contributed by atoms with van der Waals surface area (Å²) in [7, 11) is 0. The molecule has 2 atom stereocenters. The van der Waals surface area contributed by atoms with E-state index in [2.05, 4.69) is 17.2 Å². The van der Waals surface area contributed by atoms with Crippen LogP contribution in [-0.2, 0) is 4.79 Å². The van der Waals surface area contributed by atoms with Crippen LogP contribution in [0.4, 0.5) is 0 Å². The zero-order valence-electron chi connectivity index (χ0n) is 15.7. The lowest BCUT2D eigenvalue weighted by Gasteiger charge is -2.24. The maximum Gasteiger partial charge on any atom is 0.254 e. The summed E-state index contributed by atoms with van der Waals surface area (Å²) in [4.78, 5) is 26.8. The molecule has 1 aromatic rings. The predicted molar refractivity (Wildman–Crippen MR) is 100 cm³/mol. The first kappa shape index (κ1) is 20.0. The second kappa shape index (κ2) is 7.90. The summed E-state index contributed by atoms with van der Waals surface area (Å²) in [5.41, 5.74) is 6.10. The Labute approximate surface area is 154 Å². The van der Waals surface area contributed by atoms with Crippen molar-refractivity contribution in [3.05, 3.63) is 35.4 Å². The minimum Gasteiger partial charge on any atom is -0.378 e. The van der Waals surface area contributed by atoms with Gasteiger partial charge in [0.05, 0.1) is 0 Å². The molecule has 1 aliphatic heterocycles. The minimum absolute atomic E-state index is 0.00455. The van der Waals surface area contributed by atoms with Gasteiger partial charge in [-0.1, -0.05) is 11.8 Å². The molecule has 4 N–H and O–H groups in total. The predicted octanol–water partition coefficient (Wildman–Crippen LogP) is 0.875. The first-order valence-corrected chi connectivity index (χ1v) is 8.79. The summed E-state index contributed by atoms with van der Waals surface area (Å²) in [6, 6.07) is 6.06. The van der Waals surface area contributed by atoms with Gasteiger partial charge in [0.25, 0.3) is 5.91 Å². The van der Waals surface area contributed by atoms with Crippen molar-refractivity contribution < 1.29 is 14.7 Å². The van der Waals surface area contributed by atoms with Gasteiger partial charge in [0, 0.05) is 29.8 Å². The summed E-state index contributed by atoms with van der Waals surface area (Å²) in [5, 5.41) is 12.5. The Morgan fingerprint density at radius 1 is 1.31 bits per heavy atom. The largest absolute Gasteiger partial charge is 0.378 e. The lowest BCUT2D eigenvalue weighted by Crippen LogP contribution is -2.47. The molecule has 0 bridgehead atoms. The van der Waals surface area contributed by atoms with E-state index < -0.39 is 11.6 Å². The van der Waals surface area contributed by atoms with Gasteiger partial charge in [-0.25, -0.2) is 0 Å². The lowest BCUT2D eigenvalue weighted by atomic mass is 10.1. The lowest BCUT2D eigenvalue weighted by molar-refractivity contribution is -0.125. The van der Waals surface area contributed by atoms with Crippen LogP contribution in [0.5, 0.6) is 0 Å². The highest BCUT2D eigenvalue weighted by atomic mass is 16.3. The summed E-state index contributed by atoms with van der Waals surface area (Å²) in [6.45, 7) is 7.34. The molecule has 1 aromatic carbocycles. The zero-order valence-corrected chi connectivity index (χ0v) is 15.7. The normalized spacial score (nSPS) is 19.9. The molecule has 6 nitrogen and oxygen atoms in total. The molecular formula is C20H27N3O3.